The Bertz CT molecular complexity index is 523. The first kappa shape index (κ1) is 16.3. The van der Waals surface area contributed by atoms with Crippen molar-refractivity contribution in [3.8, 4) is 5.75 Å². The molecule has 3 rings (SSSR count). The van der Waals surface area contributed by atoms with Gasteiger partial charge in [0.1, 0.15) is 5.75 Å². The molecule has 2 aliphatic rings. The molecule has 0 radical (unpaired) electrons. The van der Waals surface area contributed by atoms with Gasteiger partial charge >= 0.3 is 0 Å². The highest BCUT2D eigenvalue weighted by Crippen LogP contribution is 2.28. The van der Waals surface area contributed by atoms with Gasteiger partial charge in [0, 0.05) is 19.1 Å². The van der Waals surface area contributed by atoms with Crippen LogP contribution >= 0.6 is 0 Å². The van der Waals surface area contributed by atoms with Gasteiger partial charge in [0.2, 0.25) is 5.91 Å². The van der Waals surface area contributed by atoms with Crippen LogP contribution in [-0.4, -0.2) is 50.1 Å². The molecular formula is C18H27N3O2. The summed E-state index contributed by atoms with van der Waals surface area (Å²) in [7, 11) is 1.62. The van der Waals surface area contributed by atoms with Crippen LogP contribution in [0.3, 0.4) is 0 Å². The quantitative estimate of drug-likeness (QED) is 0.809. The third kappa shape index (κ3) is 4.94. The van der Waals surface area contributed by atoms with E-state index in [1.165, 1.54) is 19.4 Å². The minimum atomic E-state index is 0.0267. The van der Waals surface area contributed by atoms with Gasteiger partial charge in [0.25, 0.3) is 0 Å². The monoisotopic (exact) mass is 317 g/mol. The molecule has 2 fully saturated rings. The molecule has 5 heteroatoms. The average molecular weight is 317 g/mol. The summed E-state index contributed by atoms with van der Waals surface area (Å²) in [5.41, 5.74) is 0.737. The molecular weight excluding hydrogens is 290 g/mol. The van der Waals surface area contributed by atoms with E-state index >= 15 is 0 Å². The van der Waals surface area contributed by atoms with Gasteiger partial charge in [-0.3, -0.25) is 9.69 Å². The van der Waals surface area contributed by atoms with Crippen LogP contribution in [0.5, 0.6) is 5.75 Å². The molecule has 1 saturated heterocycles. The highest BCUT2D eigenvalue weighted by molar-refractivity contribution is 5.93. The number of amides is 1. The smallest absolute Gasteiger partial charge is 0.238 e. The van der Waals surface area contributed by atoms with Crippen LogP contribution in [-0.2, 0) is 4.79 Å². The summed E-state index contributed by atoms with van der Waals surface area (Å²) >= 11 is 0. The van der Waals surface area contributed by atoms with Crippen molar-refractivity contribution in [2.45, 2.75) is 31.7 Å². The second kappa shape index (κ2) is 7.79. The first-order chi connectivity index (χ1) is 11.2. The van der Waals surface area contributed by atoms with E-state index in [1.54, 1.807) is 7.11 Å². The summed E-state index contributed by atoms with van der Waals surface area (Å²) in [6, 6.07) is 8.14. The fourth-order valence-electron chi connectivity index (χ4n) is 3.09. The van der Waals surface area contributed by atoms with E-state index in [4.69, 9.17) is 4.74 Å². The molecule has 5 nitrogen and oxygen atoms in total. The number of carbonyl (C=O) groups is 1. The number of piperidine rings is 1. The zero-order valence-corrected chi connectivity index (χ0v) is 13.9. The fraction of sp³-hybridized carbons (Fsp3) is 0.611. The fourth-order valence-corrected chi connectivity index (χ4v) is 3.09. The molecule has 0 bridgehead atoms. The number of hydrogen-bond acceptors (Lipinski definition) is 4. The molecule has 0 unspecified atom stereocenters. The number of rotatable bonds is 7. The Morgan fingerprint density at radius 2 is 1.96 bits per heavy atom. The van der Waals surface area contributed by atoms with E-state index in [0.717, 1.165) is 37.5 Å². The van der Waals surface area contributed by atoms with Crippen LogP contribution in [0.1, 0.15) is 25.7 Å². The van der Waals surface area contributed by atoms with Crippen LogP contribution in [0.25, 0.3) is 0 Å². The Morgan fingerprint density at radius 3 is 2.65 bits per heavy atom. The first-order valence-electron chi connectivity index (χ1n) is 8.63. The van der Waals surface area contributed by atoms with Gasteiger partial charge in [0.15, 0.2) is 0 Å². The maximum absolute atomic E-state index is 12.2. The number of para-hydroxylation sites is 2. The van der Waals surface area contributed by atoms with Crippen molar-refractivity contribution < 1.29 is 9.53 Å². The number of ether oxygens (including phenoxy) is 1. The normalized spacial score (nSPS) is 19.5. The number of nitrogens with zero attached hydrogens (tertiary/aromatic N) is 1. The van der Waals surface area contributed by atoms with Gasteiger partial charge in [-0.1, -0.05) is 12.1 Å². The maximum atomic E-state index is 12.2. The third-order valence-electron chi connectivity index (χ3n) is 4.73. The van der Waals surface area contributed by atoms with Crippen LogP contribution < -0.4 is 15.4 Å². The van der Waals surface area contributed by atoms with Crippen molar-refractivity contribution in [3.63, 3.8) is 0 Å². The van der Waals surface area contributed by atoms with E-state index in [0.29, 0.717) is 18.3 Å². The molecule has 1 aliphatic carbocycles. The second-order valence-corrected chi connectivity index (χ2v) is 6.65. The zero-order chi connectivity index (χ0) is 16.1. The molecule has 2 N–H and O–H groups in total. The van der Waals surface area contributed by atoms with E-state index in [9.17, 15) is 4.79 Å². The third-order valence-corrected chi connectivity index (χ3v) is 4.73. The standard InChI is InChI=1S/C18H27N3O2/c1-23-17-5-3-2-4-16(17)20-18(22)13-21-10-8-15(9-11-21)19-12-14-6-7-14/h2-5,14-15,19H,6-13H2,1H3,(H,20,22). The summed E-state index contributed by atoms with van der Waals surface area (Å²) in [4.78, 5) is 14.5. The molecule has 1 amide bonds. The lowest BCUT2D eigenvalue weighted by Gasteiger charge is -2.32. The van der Waals surface area contributed by atoms with Gasteiger partial charge in [-0.25, -0.2) is 0 Å². The number of nitrogens with one attached hydrogen (secondary N) is 2. The van der Waals surface area contributed by atoms with Crippen molar-refractivity contribution in [1.29, 1.82) is 0 Å². The molecule has 1 heterocycles. The molecule has 1 aromatic rings. The van der Waals surface area contributed by atoms with Crippen molar-refractivity contribution in [3.05, 3.63) is 24.3 Å². The average Bonchev–Trinajstić information content (AvgIpc) is 3.39. The Hall–Kier alpha value is -1.59. The van der Waals surface area contributed by atoms with E-state index in [2.05, 4.69) is 15.5 Å². The molecule has 0 atom stereocenters. The van der Waals surface area contributed by atoms with Gasteiger partial charge in [-0.05, 0) is 50.3 Å². The Balaban J connectivity index is 1.40. The van der Waals surface area contributed by atoms with Crippen molar-refractivity contribution in [1.82, 2.24) is 10.2 Å². The van der Waals surface area contributed by atoms with Crippen molar-refractivity contribution >= 4 is 11.6 Å². The second-order valence-electron chi connectivity index (χ2n) is 6.65. The minimum Gasteiger partial charge on any atom is -0.495 e. The lowest BCUT2D eigenvalue weighted by atomic mass is 10.0. The van der Waals surface area contributed by atoms with Crippen LogP contribution in [0.15, 0.2) is 24.3 Å². The lowest BCUT2D eigenvalue weighted by Crippen LogP contribution is -2.45. The summed E-state index contributed by atoms with van der Waals surface area (Å²) in [6.45, 7) is 3.61. The Labute approximate surface area is 138 Å². The molecule has 0 spiro atoms. The number of benzene rings is 1. The number of likely N-dealkylation sites (tertiary alicyclic amines) is 1. The Morgan fingerprint density at radius 1 is 1.22 bits per heavy atom. The van der Waals surface area contributed by atoms with Gasteiger partial charge in [-0.15, -0.1) is 0 Å². The Kier molecular flexibility index (Phi) is 5.51. The van der Waals surface area contributed by atoms with Crippen LogP contribution in [0.4, 0.5) is 5.69 Å². The van der Waals surface area contributed by atoms with Crippen LogP contribution in [0, 0.1) is 5.92 Å². The molecule has 1 aromatic carbocycles. The molecule has 23 heavy (non-hydrogen) atoms. The summed E-state index contributed by atoms with van der Waals surface area (Å²) in [6.07, 6.45) is 5.06. The SMILES string of the molecule is COc1ccccc1NC(=O)CN1CCC(NCC2CC2)CC1. The highest BCUT2D eigenvalue weighted by Gasteiger charge is 2.25. The van der Waals surface area contributed by atoms with Gasteiger partial charge in [-0.2, -0.15) is 0 Å². The first-order valence-corrected chi connectivity index (χ1v) is 8.63. The van der Waals surface area contributed by atoms with Gasteiger partial charge in [0.05, 0.1) is 19.3 Å². The molecule has 0 aromatic heterocycles. The summed E-state index contributed by atoms with van der Waals surface area (Å²) < 4.78 is 5.26. The highest BCUT2D eigenvalue weighted by atomic mass is 16.5. The van der Waals surface area contributed by atoms with Gasteiger partial charge < -0.3 is 15.4 Å². The predicted octanol–water partition coefficient (Wildman–Crippen LogP) is 2.10. The minimum absolute atomic E-state index is 0.0267. The number of anilines is 1. The van der Waals surface area contributed by atoms with E-state index in [1.807, 2.05) is 24.3 Å². The lowest BCUT2D eigenvalue weighted by molar-refractivity contribution is -0.117. The summed E-state index contributed by atoms with van der Waals surface area (Å²) in [5, 5.41) is 6.62. The van der Waals surface area contributed by atoms with Crippen molar-refractivity contribution in [2.24, 2.45) is 5.92 Å². The van der Waals surface area contributed by atoms with Crippen molar-refractivity contribution in [2.75, 3.05) is 38.6 Å². The number of methoxy groups -OCH3 is 1. The zero-order valence-electron chi connectivity index (χ0n) is 13.9. The largest absolute Gasteiger partial charge is 0.495 e. The molecule has 126 valence electrons. The van der Waals surface area contributed by atoms with E-state index < -0.39 is 0 Å². The number of carbonyl (C=O) groups excluding carboxylic acids is 1. The number of hydrogen-bond donors (Lipinski definition) is 2. The maximum Gasteiger partial charge on any atom is 0.238 e. The molecule has 1 saturated carbocycles. The summed E-state index contributed by atoms with van der Waals surface area (Å²) in [5.74, 6) is 1.65. The van der Waals surface area contributed by atoms with E-state index in [-0.39, 0.29) is 5.91 Å². The predicted molar refractivity (Wildman–Crippen MR) is 91.8 cm³/mol. The van der Waals surface area contributed by atoms with Crippen LogP contribution in [0.2, 0.25) is 0 Å². The topological polar surface area (TPSA) is 53.6 Å². The molecule has 1 aliphatic heterocycles.